The van der Waals surface area contributed by atoms with Gasteiger partial charge in [0.25, 0.3) is 0 Å². The van der Waals surface area contributed by atoms with E-state index < -0.39 is 0 Å². The predicted molar refractivity (Wildman–Crippen MR) is 74.1 cm³/mol. The summed E-state index contributed by atoms with van der Waals surface area (Å²) < 4.78 is 0. The van der Waals surface area contributed by atoms with Gasteiger partial charge in [-0.25, -0.2) is 0 Å². The van der Waals surface area contributed by atoms with Crippen LogP contribution in [-0.2, 0) is 0 Å². The summed E-state index contributed by atoms with van der Waals surface area (Å²) >= 11 is 0. The second kappa shape index (κ2) is 5.68. The third-order valence-corrected chi connectivity index (χ3v) is 4.49. The van der Waals surface area contributed by atoms with E-state index in [0.717, 1.165) is 12.5 Å². The second-order valence-electron chi connectivity index (χ2n) is 5.60. The summed E-state index contributed by atoms with van der Waals surface area (Å²) in [5.74, 6) is 2.30. The molecule has 1 nitrogen and oxygen atoms in total. The van der Waals surface area contributed by atoms with Crippen molar-refractivity contribution in [2.45, 2.75) is 45.4 Å². The average molecular weight is 231 g/mol. The van der Waals surface area contributed by atoms with Crippen molar-refractivity contribution < 1.29 is 0 Å². The van der Waals surface area contributed by atoms with Gasteiger partial charge in [0.1, 0.15) is 0 Å². The van der Waals surface area contributed by atoms with Crippen LogP contribution in [0.15, 0.2) is 24.3 Å². The minimum atomic E-state index is 0.694. The van der Waals surface area contributed by atoms with Gasteiger partial charge in [-0.15, -0.1) is 0 Å². The zero-order valence-corrected chi connectivity index (χ0v) is 11.2. The predicted octanol–water partition coefficient (Wildman–Crippen LogP) is 3.86. The molecule has 2 rings (SSSR count). The summed E-state index contributed by atoms with van der Waals surface area (Å²) in [5.41, 5.74) is 8.80. The molecule has 1 fully saturated rings. The van der Waals surface area contributed by atoms with Gasteiger partial charge < -0.3 is 5.73 Å². The summed E-state index contributed by atoms with van der Waals surface area (Å²) in [5, 5.41) is 0. The molecule has 0 spiro atoms. The average Bonchev–Trinajstić information content (AvgIpc) is 2.39. The SMILES string of the molecule is CCC1CCC(CN)C(c2ccc(C)cc2)C1. The number of nitrogens with two attached hydrogens (primary N) is 1. The molecule has 0 bridgehead atoms. The maximum atomic E-state index is 5.95. The van der Waals surface area contributed by atoms with Crippen molar-refractivity contribution in [1.29, 1.82) is 0 Å². The first-order valence-electron chi connectivity index (χ1n) is 7.01. The van der Waals surface area contributed by atoms with Crippen molar-refractivity contribution in [3.8, 4) is 0 Å². The molecular weight excluding hydrogens is 206 g/mol. The van der Waals surface area contributed by atoms with Crippen LogP contribution in [0.2, 0.25) is 0 Å². The lowest BCUT2D eigenvalue weighted by Gasteiger charge is -2.35. The highest BCUT2D eigenvalue weighted by Gasteiger charge is 2.29. The Kier molecular flexibility index (Phi) is 4.22. The van der Waals surface area contributed by atoms with Crippen LogP contribution < -0.4 is 5.73 Å². The molecule has 0 aromatic heterocycles. The van der Waals surface area contributed by atoms with E-state index in [-0.39, 0.29) is 0 Å². The van der Waals surface area contributed by atoms with E-state index in [9.17, 15) is 0 Å². The standard InChI is InChI=1S/C16H25N/c1-3-13-6-9-15(11-17)16(10-13)14-7-4-12(2)5-8-14/h4-5,7-8,13,15-16H,3,6,9-11,17H2,1-2H3. The Morgan fingerprint density at radius 3 is 2.47 bits per heavy atom. The third kappa shape index (κ3) is 2.90. The summed E-state index contributed by atoms with van der Waals surface area (Å²) in [6.07, 6.45) is 5.34. The maximum Gasteiger partial charge on any atom is -0.00430 e. The first-order valence-corrected chi connectivity index (χ1v) is 7.01. The van der Waals surface area contributed by atoms with Crippen molar-refractivity contribution in [2.24, 2.45) is 17.6 Å². The number of aryl methyl sites for hydroxylation is 1. The van der Waals surface area contributed by atoms with Gasteiger partial charge >= 0.3 is 0 Å². The molecule has 0 aliphatic heterocycles. The van der Waals surface area contributed by atoms with E-state index in [2.05, 4.69) is 38.1 Å². The molecule has 0 heterocycles. The van der Waals surface area contributed by atoms with Gasteiger partial charge in [-0.1, -0.05) is 49.6 Å². The van der Waals surface area contributed by atoms with Crippen molar-refractivity contribution >= 4 is 0 Å². The number of rotatable bonds is 3. The van der Waals surface area contributed by atoms with Gasteiger partial charge in [0.05, 0.1) is 0 Å². The van der Waals surface area contributed by atoms with Crippen molar-refractivity contribution in [3.05, 3.63) is 35.4 Å². The molecule has 94 valence electrons. The Labute approximate surface area is 105 Å². The Hall–Kier alpha value is -0.820. The minimum Gasteiger partial charge on any atom is -0.330 e. The van der Waals surface area contributed by atoms with Gasteiger partial charge in [-0.05, 0) is 49.6 Å². The molecule has 2 N–H and O–H groups in total. The molecule has 1 saturated carbocycles. The van der Waals surface area contributed by atoms with Crippen molar-refractivity contribution in [2.75, 3.05) is 6.54 Å². The molecule has 3 atom stereocenters. The molecule has 1 aromatic rings. The Balaban J connectivity index is 2.17. The highest BCUT2D eigenvalue weighted by molar-refractivity contribution is 5.25. The molecule has 1 aliphatic rings. The monoisotopic (exact) mass is 231 g/mol. The maximum absolute atomic E-state index is 5.95. The van der Waals surface area contributed by atoms with Crippen molar-refractivity contribution in [3.63, 3.8) is 0 Å². The summed E-state index contributed by atoms with van der Waals surface area (Å²) in [6, 6.07) is 9.08. The Morgan fingerprint density at radius 2 is 1.88 bits per heavy atom. The lowest BCUT2D eigenvalue weighted by Crippen LogP contribution is -2.28. The zero-order valence-electron chi connectivity index (χ0n) is 11.2. The highest BCUT2D eigenvalue weighted by atomic mass is 14.6. The molecule has 1 aliphatic carbocycles. The first-order chi connectivity index (χ1) is 8.24. The summed E-state index contributed by atoms with van der Waals surface area (Å²) in [4.78, 5) is 0. The van der Waals surface area contributed by atoms with Crippen LogP contribution in [0.4, 0.5) is 0 Å². The number of hydrogen-bond donors (Lipinski definition) is 1. The van der Waals surface area contributed by atoms with Crippen LogP contribution in [0.3, 0.4) is 0 Å². The minimum absolute atomic E-state index is 0.694. The smallest absolute Gasteiger partial charge is 0.00430 e. The van der Waals surface area contributed by atoms with E-state index >= 15 is 0 Å². The quantitative estimate of drug-likeness (QED) is 0.839. The Morgan fingerprint density at radius 1 is 1.18 bits per heavy atom. The van der Waals surface area contributed by atoms with E-state index in [1.807, 2.05) is 0 Å². The normalized spacial score (nSPS) is 29.2. The van der Waals surface area contributed by atoms with E-state index in [4.69, 9.17) is 5.73 Å². The van der Waals surface area contributed by atoms with Gasteiger partial charge in [-0.3, -0.25) is 0 Å². The van der Waals surface area contributed by atoms with Crippen LogP contribution in [0.1, 0.15) is 49.7 Å². The summed E-state index contributed by atoms with van der Waals surface area (Å²) in [7, 11) is 0. The third-order valence-electron chi connectivity index (χ3n) is 4.49. The number of hydrogen-bond acceptors (Lipinski definition) is 1. The largest absolute Gasteiger partial charge is 0.330 e. The molecule has 1 heteroatoms. The van der Waals surface area contributed by atoms with Crippen molar-refractivity contribution in [1.82, 2.24) is 0 Å². The first kappa shape index (κ1) is 12.6. The van der Waals surface area contributed by atoms with Crippen LogP contribution in [-0.4, -0.2) is 6.54 Å². The lowest BCUT2D eigenvalue weighted by molar-refractivity contribution is 0.236. The fourth-order valence-electron chi connectivity index (χ4n) is 3.20. The van der Waals surface area contributed by atoms with E-state index in [1.165, 1.54) is 36.8 Å². The van der Waals surface area contributed by atoms with Gasteiger partial charge in [0.15, 0.2) is 0 Å². The molecule has 3 unspecified atom stereocenters. The molecule has 0 radical (unpaired) electrons. The van der Waals surface area contributed by atoms with E-state index in [0.29, 0.717) is 11.8 Å². The number of benzene rings is 1. The van der Waals surface area contributed by atoms with Crippen LogP contribution in [0, 0.1) is 18.8 Å². The molecule has 0 amide bonds. The molecular formula is C16H25N. The summed E-state index contributed by atoms with van der Waals surface area (Å²) in [6.45, 7) is 5.31. The molecule has 17 heavy (non-hydrogen) atoms. The zero-order chi connectivity index (χ0) is 12.3. The fourth-order valence-corrected chi connectivity index (χ4v) is 3.20. The Bertz CT molecular complexity index is 341. The van der Waals surface area contributed by atoms with Gasteiger partial charge in [0, 0.05) is 0 Å². The van der Waals surface area contributed by atoms with Crippen LogP contribution in [0.25, 0.3) is 0 Å². The van der Waals surface area contributed by atoms with E-state index in [1.54, 1.807) is 0 Å². The van der Waals surface area contributed by atoms with Gasteiger partial charge in [-0.2, -0.15) is 0 Å². The highest BCUT2D eigenvalue weighted by Crippen LogP contribution is 2.41. The molecule has 0 saturated heterocycles. The van der Waals surface area contributed by atoms with Crippen LogP contribution >= 0.6 is 0 Å². The lowest BCUT2D eigenvalue weighted by atomic mass is 9.70. The van der Waals surface area contributed by atoms with Crippen LogP contribution in [0.5, 0.6) is 0 Å². The molecule has 1 aromatic carbocycles. The second-order valence-corrected chi connectivity index (χ2v) is 5.60. The fraction of sp³-hybridized carbons (Fsp3) is 0.625. The topological polar surface area (TPSA) is 26.0 Å². The van der Waals surface area contributed by atoms with Gasteiger partial charge in [0.2, 0.25) is 0 Å².